The summed E-state index contributed by atoms with van der Waals surface area (Å²) < 4.78 is 10.7. The summed E-state index contributed by atoms with van der Waals surface area (Å²) in [6, 6.07) is -0.431. The Hall–Kier alpha value is -1.18. The molecule has 114 valence electrons. The normalized spacial score (nSPS) is 34.2. The monoisotopic (exact) mass is 286 g/mol. The number of hydrogen-bond acceptors (Lipinski definition) is 6. The van der Waals surface area contributed by atoms with E-state index in [-0.39, 0.29) is 12.3 Å². The van der Waals surface area contributed by atoms with Crippen molar-refractivity contribution in [2.45, 2.75) is 57.6 Å². The van der Waals surface area contributed by atoms with Gasteiger partial charge in [-0.25, -0.2) is 4.79 Å². The maximum Gasteiger partial charge on any atom is 0.352 e. The molecule has 0 aromatic heterocycles. The number of hydrogen-bond donors (Lipinski definition) is 1. The third kappa shape index (κ3) is 2.65. The molecule has 0 spiro atoms. The summed E-state index contributed by atoms with van der Waals surface area (Å²) in [4.78, 5) is 23.9. The number of hydrazine groups is 1. The molecule has 0 aromatic carbocycles. The molecule has 0 aliphatic carbocycles. The van der Waals surface area contributed by atoms with E-state index in [1.165, 1.54) is 10.0 Å². The van der Waals surface area contributed by atoms with E-state index in [1.54, 1.807) is 14.0 Å². The number of carbonyl (C=O) groups excluding carboxylic acids is 2. The van der Waals surface area contributed by atoms with Crippen molar-refractivity contribution in [1.29, 1.82) is 0 Å². The van der Waals surface area contributed by atoms with Crippen LogP contribution in [0.15, 0.2) is 0 Å². The second-order valence-corrected chi connectivity index (χ2v) is 5.27. The van der Waals surface area contributed by atoms with Crippen LogP contribution >= 0.6 is 0 Å². The Morgan fingerprint density at radius 1 is 1.55 bits per heavy atom. The zero-order valence-electron chi connectivity index (χ0n) is 12.1. The number of rotatable bonds is 4. The number of fused-ring (bicyclic) bond motifs is 1. The number of amides is 1. The van der Waals surface area contributed by atoms with Crippen molar-refractivity contribution in [2.75, 3.05) is 13.7 Å². The largest absolute Gasteiger partial charge is 0.463 e. The molecular formula is C13H22N2O5. The van der Waals surface area contributed by atoms with Crippen LogP contribution in [0.3, 0.4) is 0 Å². The highest BCUT2D eigenvalue weighted by Crippen LogP contribution is 2.31. The van der Waals surface area contributed by atoms with Crippen LogP contribution in [0.5, 0.6) is 0 Å². The van der Waals surface area contributed by atoms with Gasteiger partial charge in [0.25, 0.3) is 0 Å². The molecule has 2 rings (SSSR count). The molecule has 2 aliphatic heterocycles. The molecule has 0 bridgehead atoms. The fourth-order valence-corrected chi connectivity index (χ4v) is 2.58. The molecular weight excluding hydrogens is 264 g/mol. The summed E-state index contributed by atoms with van der Waals surface area (Å²) in [5.74, 6) is -0.651. The van der Waals surface area contributed by atoms with Crippen LogP contribution in [-0.2, 0) is 19.1 Å². The van der Waals surface area contributed by atoms with E-state index in [1.807, 2.05) is 6.92 Å². The SMILES string of the molecule is CCCCOC(=O)[C@@H]1O[C@@H](C)[C@H](O)[C@H]2CC(=O)N(C)N21. The molecule has 1 N–H and O–H groups in total. The van der Waals surface area contributed by atoms with Crippen molar-refractivity contribution < 1.29 is 24.2 Å². The predicted molar refractivity (Wildman–Crippen MR) is 69.2 cm³/mol. The molecule has 2 saturated heterocycles. The van der Waals surface area contributed by atoms with E-state index in [2.05, 4.69) is 0 Å². The average molecular weight is 286 g/mol. The zero-order valence-corrected chi connectivity index (χ0v) is 12.1. The van der Waals surface area contributed by atoms with Crippen molar-refractivity contribution in [2.24, 2.45) is 0 Å². The minimum absolute atomic E-state index is 0.141. The van der Waals surface area contributed by atoms with Crippen LogP contribution in [0.4, 0.5) is 0 Å². The van der Waals surface area contributed by atoms with E-state index < -0.39 is 30.4 Å². The lowest BCUT2D eigenvalue weighted by Crippen LogP contribution is -2.62. The third-order valence-electron chi connectivity index (χ3n) is 3.83. The van der Waals surface area contributed by atoms with Gasteiger partial charge in [0, 0.05) is 13.5 Å². The molecule has 2 aliphatic rings. The van der Waals surface area contributed by atoms with Crippen molar-refractivity contribution in [3.8, 4) is 0 Å². The summed E-state index contributed by atoms with van der Waals surface area (Å²) in [6.45, 7) is 4.03. The van der Waals surface area contributed by atoms with Gasteiger partial charge in [-0.2, -0.15) is 5.01 Å². The van der Waals surface area contributed by atoms with Gasteiger partial charge in [0.2, 0.25) is 12.1 Å². The molecule has 1 amide bonds. The maximum absolute atomic E-state index is 12.1. The molecule has 7 heteroatoms. The van der Waals surface area contributed by atoms with Gasteiger partial charge in [-0.3, -0.25) is 9.80 Å². The summed E-state index contributed by atoms with van der Waals surface area (Å²) in [5.41, 5.74) is 0. The van der Waals surface area contributed by atoms with Crippen molar-refractivity contribution >= 4 is 11.9 Å². The minimum atomic E-state index is -0.966. The lowest BCUT2D eigenvalue weighted by atomic mass is 10.0. The number of esters is 1. The first-order valence-electron chi connectivity index (χ1n) is 7.02. The Bertz CT molecular complexity index is 389. The molecule has 0 aromatic rings. The number of ether oxygens (including phenoxy) is 2. The quantitative estimate of drug-likeness (QED) is 0.573. The standard InChI is InChI=1S/C13H22N2O5/c1-4-5-6-19-13(18)12-15-9(7-10(16)14(15)3)11(17)8(2)20-12/h8-9,11-12,17H,4-7H2,1-3H3/t8-,9+,11-,12-/m0/s1. The van der Waals surface area contributed by atoms with Gasteiger partial charge >= 0.3 is 5.97 Å². The van der Waals surface area contributed by atoms with Gasteiger partial charge in [0.05, 0.1) is 24.9 Å². The highest BCUT2D eigenvalue weighted by Gasteiger charge is 2.52. The summed E-state index contributed by atoms with van der Waals surface area (Å²) in [5, 5.41) is 12.9. The second-order valence-electron chi connectivity index (χ2n) is 5.27. The highest BCUT2D eigenvalue weighted by atomic mass is 16.6. The fourth-order valence-electron chi connectivity index (χ4n) is 2.58. The topological polar surface area (TPSA) is 79.3 Å². The fraction of sp³-hybridized carbons (Fsp3) is 0.846. The predicted octanol–water partition coefficient (Wildman–Crippen LogP) is -0.117. The van der Waals surface area contributed by atoms with Crippen LogP contribution in [0.1, 0.15) is 33.1 Å². The lowest BCUT2D eigenvalue weighted by Gasteiger charge is -2.43. The third-order valence-corrected chi connectivity index (χ3v) is 3.83. The number of aliphatic hydroxyl groups excluding tert-OH is 1. The van der Waals surface area contributed by atoms with E-state index in [4.69, 9.17) is 9.47 Å². The number of aliphatic hydroxyl groups is 1. The molecule has 7 nitrogen and oxygen atoms in total. The molecule has 4 atom stereocenters. The van der Waals surface area contributed by atoms with Crippen molar-refractivity contribution in [3.05, 3.63) is 0 Å². The second kappa shape index (κ2) is 6.07. The number of unbranched alkanes of at least 4 members (excludes halogenated alkanes) is 1. The van der Waals surface area contributed by atoms with Crippen LogP contribution in [0.2, 0.25) is 0 Å². The Balaban J connectivity index is 2.11. The van der Waals surface area contributed by atoms with E-state index in [9.17, 15) is 14.7 Å². The van der Waals surface area contributed by atoms with Crippen molar-refractivity contribution in [1.82, 2.24) is 10.0 Å². The Labute approximate surface area is 118 Å². The molecule has 20 heavy (non-hydrogen) atoms. The first kappa shape index (κ1) is 15.2. The maximum atomic E-state index is 12.1. The summed E-state index contributed by atoms with van der Waals surface area (Å²) in [7, 11) is 1.57. The molecule has 0 unspecified atom stereocenters. The first-order chi connectivity index (χ1) is 9.47. The van der Waals surface area contributed by atoms with Gasteiger partial charge in [0.15, 0.2) is 0 Å². The van der Waals surface area contributed by atoms with Gasteiger partial charge in [-0.05, 0) is 13.3 Å². The van der Waals surface area contributed by atoms with Crippen LogP contribution < -0.4 is 0 Å². The molecule has 0 radical (unpaired) electrons. The first-order valence-corrected chi connectivity index (χ1v) is 7.02. The summed E-state index contributed by atoms with van der Waals surface area (Å²) >= 11 is 0. The smallest absolute Gasteiger partial charge is 0.352 e. The van der Waals surface area contributed by atoms with Crippen LogP contribution in [0, 0.1) is 0 Å². The van der Waals surface area contributed by atoms with E-state index >= 15 is 0 Å². The van der Waals surface area contributed by atoms with E-state index in [0.29, 0.717) is 6.61 Å². The number of nitrogens with zero attached hydrogens (tertiary/aromatic N) is 2. The lowest BCUT2D eigenvalue weighted by molar-refractivity contribution is -0.250. The number of carbonyl (C=O) groups is 2. The minimum Gasteiger partial charge on any atom is -0.463 e. The Morgan fingerprint density at radius 3 is 2.90 bits per heavy atom. The van der Waals surface area contributed by atoms with Crippen LogP contribution in [0.25, 0.3) is 0 Å². The van der Waals surface area contributed by atoms with E-state index in [0.717, 1.165) is 12.8 Å². The van der Waals surface area contributed by atoms with Crippen molar-refractivity contribution in [3.63, 3.8) is 0 Å². The molecule has 2 fully saturated rings. The van der Waals surface area contributed by atoms with Gasteiger partial charge < -0.3 is 14.6 Å². The Kier molecular flexibility index (Phi) is 4.62. The molecule has 2 heterocycles. The average Bonchev–Trinajstić information content (AvgIpc) is 2.71. The zero-order chi connectivity index (χ0) is 14.9. The van der Waals surface area contributed by atoms with Crippen LogP contribution in [-0.4, -0.2) is 65.1 Å². The van der Waals surface area contributed by atoms with Gasteiger partial charge in [-0.1, -0.05) is 13.3 Å². The Morgan fingerprint density at radius 2 is 2.25 bits per heavy atom. The summed E-state index contributed by atoms with van der Waals surface area (Å²) in [6.07, 6.45) is -0.382. The highest BCUT2D eigenvalue weighted by molar-refractivity contribution is 5.81. The molecule has 0 saturated carbocycles. The van der Waals surface area contributed by atoms with Gasteiger partial charge in [-0.15, -0.1) is 0 Å². The van der Waals surface area contributed by atoms with Gasteiger partial charge in [0.1, 0.15) is 0 Å².